The highest BCUT2D eigenvalue weighted by molar-refractivity contribution is 7.89. The predicted octanol–water partition coefficient (Wildman–Crippen LogP) is 3.15. The van der Waals surface area contributed by atoms with Gasteiger partial charge in [-0.3, -0.25) is 4.79 Å². The molecule has 182 valence electrons. The van der Waals surface area contributed by atoms with Crippen LogP contribution in [0.1, 0.15) is 31.7 Å². The molecule has 0 amide bonds. The molecule has 2 aromatic rings. The van der Waals surface area contributed by atoms with Gasteiger partial charge >= 0.3 is 5.97 Å². The molecule has 0 aliphatic heterocycles. The second kappa shape index (κ2) is 11.9. The average Bonchev–Trinajstić information content (AvgIpc) is 2.72. The lowest BCUT2D eigenvalue weighted by Gasteiger charge is -2.18. The monoisotopic (exact) mass is 520 g/mol. The van der Waals surface area contributed by atoms with Gasteiger partial charge in [-0.25, -0.2) is 25.9 Å². The van der Waals surface area contributed by atoms with Gasteiger partial charge in [-0.1, -0.05) is 29.3 Å². The van der Waals surface area contributed by atoms with E-state index in [0.29, 0.717) is 12.8 Å². The van der Waals surface area contributed by atoms with E-state index in [2.05, 4.69) is 9.44 Å². The summed E-state index contributed by atoms with van der Waals surface area (Å²) in [6, 6.07) is 7.98. The van der Waals surface area contributed by atoms with Gasteiger partial charge in [0.2, 0.25) is 20.0 Å². The molecule has 0 aliphatic rings. The molecule has 12 heteroatoms. The van der Waals surface area contributed by atoms with E-state index in [4.69, 9.17) is 16.3 Å². The number of carbonyl (C=O) groups is 1. The first-order valence-electron chi connectivity index (χ1n) is 10.2. The number of ether oxygens (including phenoxy) is 1. The van der Waals surface area contributed by atoms with Crippen molar-refractivity contribution in [1.29, 1.82) is 0 Å². The Morgan fingerprint density at radius 3 is 2.33 bits per heavy atom. The van der Waals surface area contributed by atoms with Crippen LogP contribution in [-0.2, 0) is 29.6 Å². The van der Waals surface area contributed by atoms with Crippen LogP contribution in [0.2, 0.25) is 5.02 Å². The zero-order valence-electron chi connectivity index (χ0n) is 18.2. The van der Waals surface area contributed by atoms with E-state index in [1.54, 1.807) is 19.1 Å². The molecule has 8 nitrogen and oxygen atoms in total. The number of aryl methyl sites for hydroxylation is 1. The Bertz CT molecular complexity index is 1170. The third-order valence-electron chi connectivity index (χ3n) is 4.59. The van der Waals surface area contributed by atoms with Crippen LogP contribution in [0.5, 0.6) is 0 Å². The largest absolute Gasteiger partial charge is 0.465 e. The van der Waals surface area contributed by atoms with Crippen molar-refractivity contribution in [3.63, 3.8) is 0 Å². The van der Waals surface area contributed by atoms with Gasteiger partial charge < -0.3 is 4.74 Å². The molecule has 0 bridgehead atoms. The number of sulfonamides is 2. The van der Waals surface area contributed by atoms with Crippen molar-refractivity contribution in [2.24, 2.45) is 0 Å². The first kappa shape index (κ1) is 27.2. The zero-order valence-corrected chi connectivity index (χ0v) is 20.6. The summed E-state index contributed by atoms with van der Waals surface area (Å²) < 4.78 is 72.9. The third-order valence-corrected chi connectivity index (χ3v) is 8.03. The number of unbranched alkanes of at least 4 members (excludes halogenated alkanes) is 1. The standard InChI is InChI=1S/C21H26ClFN2O6S2/c1-3-31-21(26)19(25-33(29,30)20-12-9-16(23)14-18(20)22)6-4-5-13-24-32(27,28)17-10-7-15(2)8-11-17/h7-12,14,19,24-25H,3-6,13H2,1-2H3. The van der Waals surface area contributed by atoms with Crippen LogP contribution in [0, 0.1) is 12.7 Å². The molecule has 0 radical (unpaired) electrons. The van der Waals surface area contributed by atoms with Crippen molar-refractivity contribution < 1.29 is 30.8 Å². The fourth-order valence-corrected chi connectivity index (χ4v) is 5.72. The van der Waals surface area contributed by atoms with Crippen LogP contribution < -0.4 is 9.44 Å². The predicted molar refractivity (Wildman–Crippen MR) is 122 cm³/mol. The molecule has 0 aromatic heterocycles. The normalized spacial score (nSPS) is 13.0. The Morgan fingerprint density at radius 1 is 1.06 bits per heavy atom. The van der Waals surface area contributed by atoms with Gasteiger partial charge in [-0.05, 0) is 63.4 Å². The van der Waals surface area contributed by atoms with Crippen molar-refractivity contribution >= 4 is 37.6 Å². The maximum absolute atomic E-state index is 13.3. The van der Waals surface area contributed by atoms with Crippen molar-refractivity contribution in [3.05, 3.63) is 58.9 Å². The van der Waals surface area contributed by atoms with Crippen LogP contribution in [0.3, 0.4) is 0 Å². The molecule has 0 spiro atoms. The fourth-order valence-electron chi connectivity index (χ4n) is 2.89. The minimum atomic E-state index is -4.24. The lowest BCUT2D eigenvalue weighted by Crippen LogP contribution is -2.42. The Hall–Kier alpha value is -2.05. The highest BCUT2D eigenvalue weighted by Crippen LogP contribution is 2.23. The number of nitrogens with one attached hydrogen (secondary N) is 2. The Labute approximate surface area is 198 Å². The highest BCUT2D eigenvalue weighted by atomic mass is 35.5. The molecule has 0 saturated carbocycles. The van der Waals surface area contributed by atoms with Crippen molar-refractivity contribution in [2.45, 2.75) is 48.9 Å². The Kier molecular flexibility index (Phi) is 9.80. The number of hydrogen-bond donors (Lipinski definition) is 2. The highest BCUT2D eigenvalue weighted by Gasteiger charge is 2.28. The van der Waals surface area contributed by atoms with E-state index in [9.17, 15) is 26.0 Å². The number of halogens is 2. The summed E-state index contributed by atoms with van der Waals surface area (Å²) in [5, 5.41) is -0.323. The molecule has 33 heavy (non-hydrogen) atoms. The van der Waals surface area contributed by atoms with Crippen molar-refractivity contribution in [1.82, 2.24) is 9.44 Å². The fraction of sp³-hybridized carbons (Fsp3) is 0.381. The lowest BCUT2D eigenvalue weighted by molar-refractivity contribution is -0.145. The van der Waals surface area contributed by atoms with Crippen LogP contribution >= 0.6 is 11.6 Å². The second-order valence-corrected chi connectivity index (χ2v) is 11.1. The SMILES string of the molecule is CCOC(=O)C(CCCCNS(=O)(=O)c1ccc(C)cc1)NS(=O)(=O)c1ccc(F)cc1Cl. The van der Waals surface area contributed by atoms with Crippen molar-refractivity contribution in [3.8, 4) is 0 Å². The molecule has 1 unspecified atom stereocenters. The molecular formula is C21H26ClFN2O6S2. The first-order chi connectivity index (χ1) is 15.5. The summed E-state index contributed by atoms with van der Waals surface area (Å²) in [5.74, 6) is -1.48. The summed E-state index contributed by atoms with van der Waals surface area (Å²) in [7, 11) is -7.91. The molecular weight excluding hydrogens is 495 g/mol. The van der Waals surface area contributed by atoms with E-state index in [0.717, 1.165) is 23.8 Å². The van der Waals surface area contributed by atoms with Gasteiger partial charge in [0.25, 0.3) is 0 Å². The summed E-state index contributed by atoms with van der Waals surface area (Å²) in [6.07, 6.45) is 0.725. The van der Waals surface area contributed by atoms with Gasteiger partial charge in [-0.15, -0.1) is 0 Å². The van der Waals surface area contributed by atoms with Crippen LogP contribution in [0.15, 0.2) is 52.3 Å². The number of hydrogen-bond acceptors (Lipinski definition) is 6. The number of esters is 1. The Balaban J connectivity index is 1.98. The molecule has 1 atom stereocenters. The topological polar surface area (TPSA) is 119 Å². The maximum Gasteiger partial charge on any atom is 0.324 e. The van der Waals surface area contributed by atoms with Gasteiger partial charge in [-0.2, -0.15) is 4.72 Å². The van der Waals surface area contributed by atoms with E-state index in [1.165, 1.54) is 12.1 Å². The molecule has 0 heterocycles. The minimum absolute atomic E-state index is 0.0463. The second-order valence-electron chi connectivity index (χ2n) is 7.21. The van der Waals surface area contributed by atoms with Gasteiger partial charge in [0.1, 0.15) is 16.8 Å². The number of benzene rings is 2. The summed E-state index contributed by atoms with van der Waals surface area (Å²) in [4.78, 5) is 12.0. The van der Waals surface area contributed by atoms with Crippen molar-refractivity contribution in [2.75, 3.05) is 13.2 Å². The molecule has 2 rings (SSSR count). The zero-order chi connectivity index (χ0) is 24.6. The van der Waals surface area contributed by atoms with Gasteiger partial charge in [0.05, 0.1) is 16.5 Å². The van der Waals surface area contributed by atoms with Gasteiger partial charge in [0, 0.05) is 6.54 Å². The molecule has 0 saturated heterocycles. The average molecular weight is 521 g/mol. The lowest BCUT2D eigenvalue weighted by atomic mass is 10.1. The number of carbonyl (C=O) groups excluding carboxylic acids is 1. The van der Waals surface area contributed by atoms with E-state index in [-0.39, 0.29) is 34.4 Å². The van der Waals surface area contributed by atoms with Crippen LogP contribution in [0.25, 0.3) is 0 Å². The maximum atomic E-state index is 13.3. The summed E-state index contributed by atoms with van der Waals surface area (Å²) >= 11 is 5.85. The molecule has 2 aromatic carbocycles. The molecule has 0 fully saturated rings. The van der Waals surface area contributed by atoms with E-state index < -0.39 is 37.9 Å². The number of rotatable bonds is 12. The molecule has 2 N–H and O–H groups in total. The van der Waals surface area contributed by atoms with Crippen LogP contribution in [0.4, 0.5) is 4.39 Å². The van der Waals surface area contributed by atoms with Gasteiger partial charge in [0.15, 0.2) is 0 Å². The van der Waals surface area contributed by atoms with E-state index in [1.807, 2.05) is 6.92 Å². The quantitative estimate of drug-likeness (QED) is 0.328. The minimum Gasteiger partial charge on any atom is -0.465 e. The third kappa shape index (κ3) is 8.04. The first-order valence-corrected chi connectivity index (χ1v) is 13.5. The van der Waals surface area contributed by atoms with E-state index >= 15 is 0 Å². The Morgan fingerprint density at radius 2 is 1.73 bits per heavy atom. The van der Waals surface area contributed by atoms with Crippen LogP contribution in [-0.4, -0.2) is 42.0 Å². The summed E-state index contributed by atoms with van der Waals surface area (Å²) in [6.45, 7) is 3.58. The molecule has 0 aliphatic carbocycles. The smallest absolute Gasteiger partial charge is 0.324 e. The summed E-state index contributed by atoms with van der Waals surface area (Å²) in [5.41, 5.74) is 0.934.